The van der Waals surface area contributed by atoms with E-state index >= 15 is 0 Å². The SMILES string of the molecule is O=C(c1ccc(-n2cccn2)nc1)N1CCN(c2cccc(Cl)c2)CC1. The molecule has 1 fully saturated rings. The number of benzene rings is 1. The van der Waals surface area contributed by atoms with Crippen LogP contribution in [0.1, 0.15) is 10.4 Å². The van der Waals surface area contributed by atoms with Gasteiger partial charge in [0, 0.05) is 55.5 Å². The van der Waals surface area contributed by atoms with E-state index in [1.165, 1.54) is 0 Å². The van der Waals surface area contributed by atoms with Crippen molar-refractivity contribution < 1.29 is 4.79 Å². The van der Waals surface area contributed by atoms with Crippen molar-refractivity contribution in [2.24, 2.45) is 0 Å². The molecule has 2 aromatic heterocycles. The number of nitrogens with zero attached hydrogens (tertiary/aromatic N) is 5. The third-order valence-electron chi connectivity index (χ3n) is 4.47. The van der Waals surface area contributed by atoms with Crippen LogP contribution < -0.4 is 4.90 Å². The molecule has 0 unspecified atom stereocenters. The highest BCUT2D eigenvalue weighted by molar-refractivity contribution is 6.30. The van der Waals surface area contributed by atoms with Crippen molar-refractivity contribution in [3.05, 3.63) is 71.6 Å². The molecule has 132 valence electrons. The minimum atomic E-state index is 0.00950. The number of hydrogen-bond acceptors (Lipinski definition) is 4. The van der Waals surface area contributed by atoms with E-state index < -0.39 is 0 Å². The van der Waals surface area contributed by atoms with Gasteiger partial charge in [-0.1, -0.05) is 17.7 Å². The summed E-state index contributed by atoms with van der Waals surface area (Å²) >= 11 is 6.07. The average Bonchev–Trinajstić information content (AvgIpc) is 3.23. The van der Waals surface area contributed by atoms with Crippen LogP contribution in [0.2, 0.25) is 5.02 Å². The number of aromatic nitrogens is 3. The van der Waals surface area contributed by atoms with E-state index in [1.807, 2.05) is 47.5 Å². The number of amides is 1. The lowest BCUT2D eigenvalue weighted by atomic mass is 10.2. The Balaban J connectivity index is 1.40. The summed E-state index contributed by atoms with van der Waals surface area (Å²) in [4.78, 5) is 21.2. The lowest BCUT2D eigenvalue weighted by molar-refractivity contribution is 0.0746. The molecule has 0 atom stereocenters. The molecule has 3 heterocycles. The van der Waals surface area contributed by atoms with Crippen molar-refractivity contribution in [2.75, 3.05) is 31.1 Å². The zero-order valence-electron chi connectivity index (χ0n) is 14.1. The monoisotopic (exact) mass is 367 g/mol. The third kappa shape index (κ3) is 3.41. The minimum Gasteiger partial charge on any atom is -0.368 e. The first kappa shape index (κ1) is 16.6. The first-order valence-corrected chi connectivity index (χ1v) is 8.84. The molecule has 7 heteroatoms. The van der Waals surface area contributed by atoms with Gasteiger partial charge in [-0.15, -0.1) is 0 Å². The Morgan fingerprint density at radius 2 is 1.88 bits per heavy atom. The summed E-state index contributed by atoms with van der Waals surface area (Å²) in [5.74, 6) is 0.701. The zero-order valence-corrected chi connectivity index (χ0v) is 14.9. The van der Waals surface area contributed by atoms with Gasteiger partial charge >= 0.3 is 0 Å². The smallest absolute Gasteiger partial charge is 0.255 e. The first-order valence-electron chi connectivity index (χ1n) is 8.46. The number of rotatable bonds is 3. The van der Waals surface area contributed by atoms with Crippen molar-refractivity contribution in [2.45, 2.75) is 0 Å². The Morgan fingerprint density at radius 1 is 1.04 bits per heavy atom. The molecule has 6 nitrogen and oxygen atoms in total. The summed E-state index contributed by atoms with van der Waals surface area (Å²) in [6.07, 6.45) is 5.13. The molecule has 0 aliphatic carbocycles. The van der Waals surface area contributed by atoms with Crippen molar-refractivity contribution >= 4 is 23.2 Å². The minimum absolute atomic E-state index is 0.00950. The first-order chi connectivity index (χ1) is 12.7. The lowest BCUT2D eigenvalue weighted by Crippen LogP contribution is -2.48. The van der Waals surface area contributed by atoms with Crippen molar-refractivity contribution in [1.29, 1.82) is 0 Å². The van der Waals surface area contributed by atoms with Gasteiger partial charge in [-0.3, -0.25) is 4.79 Å². The summed E-state index contributed by atoms with van der Waals surface area (Å²) in [5, 5.41) is 4.86. The molecule has 0 bridgehead atoms. The predicted molar refractivity (Wildman–Crippen MR) is 101 cm³/mol. The fourth-order valence-electron chi connectivity index (χ4n) is 3.08. The lowest BCUT2D eigenvalue weighted by Gasteiger charge is -2.36. The normalized spacial score (nSPS) is 14.5. The molecule has 1 aromatic carbocycles. The molecule has 1 aliphatic heterocycles. The van der Waals surface area contributed by atoms with Crippen LogP contribution >= 0.6 is 11.6 Å². The maximum absolute atomic E-state index is 12.7. The number of halogens is 1. The highest BCUT2D eigenvalue weighted by Crippen LogP contribution is 2.21. The Bertz CT molecular complexity index is 887. The van der Waals surface area contributed by atoms with Gasteiger partial charge in [0.15, 0.2) is 5.82 Å². The van der Waals surface area contributed by atoms with E-state index in [4.69, 9.17) is 11.6 Å². The van der Waals surface area contributed by atoms with Crippen LogP contribution in [0, 0.1) is 0 Å². The summed E-state index contributed by atoms with van der Waals surface area (Å²) in [5.41, 5.74) is 1.69. The van der Waals surface area contributed by atoms with Gasteiger partial charge in [-0.2, -0.15) is 5.10 Å². The maximum Gasteiger partial charge on any atom is 0.255 e. The van der Waals surface area contributed by atoms with Gasteiger partial charge in [-0.25, -0.2) is 9.67 Å². The van der Waals surface area contributed by atoms with E-state index in [-0.39, 0.29) is 5.91 Å². The number of pyridine rings is 1. The third-order valence-corrected chi connectivity index (χ3v) is 4.71. The Kier molecular flexibility index (Phi) is 4.58. The molecule has 0 N–H and O–H groups in total. The highest BCUT2D eigenvalue weighted by atomic mass is 35.5. The molecule has 4 rings (SSSR count). The second kappa shape index (κ2) is 7.17. The number of carbonyl (C=O) groups excluding carboxylic acids is 1. The van der Waals surface area contributed by atoms with Crippen LogP contribution in [0.15, 0.2) is 61.1 Å². The van der Waals surface area contributed by atoms with Crippen molar-refractivity contribution in [3.63, 3.8) is 0 Å². The van der Waals surface area contributed by atoms with Gasteiger partial charge in [0.1, 0.15) is 0 Å². The van der Waals surface area contributed by atoms with Gasteiger partial charge in [0.25, 0.3) is 5.91 Å². The Labute approximate surface area is 156 Å². The second-order valence-corrected chi connectivity index (χ2v) is 6.55. The van der Waals surface area contributed by atoms with E-state index in [2.05, 4.69) is 15.0 Å². The molecule has 0 radical (unpaired) electrons. The van der Waals surface area contributed by atoms with Gasteiger partial charge in [-0.05, 0) is 36.4 Å². The highest BCUT2D eigenvalue weighted by Gasteiger charge is 2.22. The number of hydrogen-bond donors (Lipinski definition) is 0. The average molecular weight is 368 g/mol. The molecule has 1 aliphatic rings. The van der Waals surface area contributed by atoms with Crippen LogP contribution in [-0.2, 0) is 0 Å². The Morgan fingerprint density at radius 3 is 2.54 bits per heavy atom. The van der Waals surface area contributed by atoms with E-state index in [9.17, 15) is 4.79 Å². The van der Waals surface area contributed by atoms with E-state index in [1.54, 1.807) is 23.1 Å². The number of carbonyl (C=O) groups is 1. The molecule has 1 saturated heterocycles. The van der Waals surface area contributed by atoms with Crippen molar-refractivity contribution in [1.82, 2.24) is 19.7 Å². The van der Waals surface area contributed by atoms with Crippen LogP contribution in [0.25, 0.3) is 5.82 Å². The topological polar surface area (TPSA) is 54.3 Å². The Hall–Kier alpha value is -2.86. The van der Waals surface area contributed by atoms with Gasteiger partial charge in [0.2, 0.25) is 0 Å². The van der Waals surface area contributed by atoms with Gasteiger partial charge in [0.05, 0.1) is 5.56 Å². The number of piperazine rings is 1. The summed E-state index contributed by atoms with van der Waals surface area (Å²) in [6, 6.07) is 13.3. The summed E-state index contributed by atoms with van der Waals surface area (Å²) in [6.45, 7) is 2.91. The van der Waals surface area contributed by atoms with E-state index in [0.717, 1.165) is 23.8 Å². The quantitative estimate of drug-likeness (QED) is 0.714. The van der Waals surface area contributed by atoms with Crippen LogP contribution in [0.5, 0.6) is 0 Å². The second-order valence-electron chi connectivity index (χ2n) is 6.11. The van der Waals surface area contributed by atoms with Crippen LogP contribution in [0.4, 0.5) is 5.69 Å². The standard InChI is InChI=1S/C19H18ClN5O/c20-16-3-1-4-17(13-16)23-9-11-24(12-10-23)19(26)15-5-6-18(21-14-15)25-8-2-7-22-25/h1-8,13-14H,9-12H2. The summed E-state index contributed by atoms with van der Waals surface area (Å²) < 4.78 is 1.66. The van der Waals surface area contributed by atoms with E-state index in [0.29, 0.717) is 24.5 Å². The predicted octanol–water partition coefficient (Wildman–Crippen LogP) is 2.88. The molecule has 1 amide bonds. The molecule has 0 saturated carbocycles. The fraction of sp³-hybridized carbons (Fsp3) is 0.211. The fourth-order valence-corrected chi connectivity index (χ4v) is 3.26. The van der Waals surface area contributed by atoms with Gasteiger partial charge < -0.3 is 9.80 Å². The number of anilines is 1. The molecular formula is C19H18ClN5O. The molecular weight excluding hydrogens is 350 g/mol. The molecule has 3 aromatic rings. The maximum atomic E-state index is 12.7. The van der Waals surface area contributed by atoms with Crippen LogP contribution in [-0.4, -0.2) is 51.8 Å². The molecule has 26 heavy (non-hydrogen) atoms. The van der Waals surface area contributed by atoms with Crippen molar-refractivity contribution in [3.8, 4) is 5.82 Å². The largest absolute Gasteiger partial charge is 0.368 e. The van der Waals surface area contributed by atoms with Crippen LogP contribution in [0.3, 0.4) is 0 Å². The zero-order chi connectivity index (χ0) is 17.9. The molecule has 0 spiro atoms. The summed E-state index contributed by atoms with van der Waals surface area (Å²) in [7, 11) is 0.